The van der Waals surface area contributed by atoms with Gasteiger partial charge in [-0.25, -0.2) is 5.43 Å². The van der Waals surface area contributed by atoms with Crippen LogP contribution in [0.25, 0.3) is 28.2 Å². The number of para-hydroxylation sites is 1. The van der Waals surface area contributed by atoms with Crippen molar-refractivity contribution in [1.29, 1.82) is 0 Å². The Morgan fingerprint density at radius 3 is 1.62 bits per heavy atom. The van der Waals surface area contributed by atoms with Crippen LogP contribution < -0.4 is 5.43 Å². The molecule has 0 spiro atoms. The van der Waals surface area contributed by atoms with Crippen molar-refractivity contribution >= 4 is 12.1 Å². The van der Waals surface area contributed by atoms with Gasteiger partial charge in [-0.2, -0.15) is 5.10 Å². The molecule has 0 aliphatic heterocycles. The lowest BCUT2D eigenvalue weighted by Crippen LogP contribution is -2.43. The maximum atomic E-state index is 13.6. The Balaban J connectivity index is 1.44. The van der Waals surface area contributed by atoms with E-state index in [0.29, 0.717) is 11.1 Å². The number of rotatable bonds is 8. The van der Waals surface area contributed by atoms with Gasteiger partial charge in [0.05, 0.1) is 17.6 Å². The fourth-order valence-corrected chi connectivity index (χ4v) is 5.22. The second kappa shape index (κ2) is 11.9. The number of nitrogens with zero attached hydrogens (tertiary/aromatic N) is 2. The van der Waals surface area contributed by atoms with Gasteiger partial charge in [0.1, 0.15) is 0 Å². The first-order chi connectivity index (χ1) is 20.7. The van der Waals surface area contributed by atoms with Gasteiger partial charge in [0.2, 0.25) is 0 Å². The molecule has 0 radical (unpaired) electrons. The summed E-state index contributed by atoms with van der Waals surface area (Å²) in [6.45, 7) is 0. The molecule has 0 atom stereocenters. The van der Waals surface area contributed by atoms with Gasteiger partial charge in [0.15, 0.2) is 5.60 Å². The monoisotopic (exact) mass is 547 g/mol. The summed E-state index contributed by atoms with van der Waals surface area (Å²) in [5, 5.41) is 16.2. The molecule has 1 aromatic heterocycles. The van der Waals surface area contributed by atoms with Gasteiger partial charge in [-0.05, 0) is 40.5 Å². The van der Waals surface area contributed by atoms with Crippen molar-refractivity contribution in [3.8, 4) is 28.2 Å². The number of carbonyl (C=O) groups is 1. The molecule has 2 N–H and O–H groups in total. The summed E-state index contributed by atoms with van der Waals surface area (Å²) >= 11 is 0. The zero-order valence-electron chi connectivity index (χ0n) is 22.8. The number of hydrazone groups is 1. The minimum Gasteiger partial charge on any atom is -0.372 e. The first kappa shape index (κ1) is 26.7. The van der Waals surface area contributed by atoms with E-state index in [1.54, 1.807) is 54.7 Å². The summed E-state index contributed by atoms with van der Waals surface area (Å²) in [4.78, 5) is 13.6. The Morgan fingerprint density at radius 1 is 0.643 bits per heavy atom. The first-order valence-corrected chi connectivity index (χ1v) is 13.7. The number of aliphatic hydroxyl groups is 1. The molecule has 5 nitrogen and oxygen atoms in total. The molecule has 42 heavy (non-hydrogen) atoms. The predicted octanol–water partition coefficient (Wildman–Crippen LogP) is 7.20. The zero-order chi connectivity index (χ0) is 28.8. The number of benzene rings is 5. The normalized spacial score (nSPS) is 11.5. The van der Waals surface area contributed by atoms with Gasteiger partial charge >= 0.3 is 0 Å². The molecule has 204 valence electrons. The van der Waals surface area contributed by atoms with Gasteiger partial charge in [-0.15, -0.1) is 0 Å². The summed E-state index contributed by atoms with van der Waals surface area (Å²) in [5.41, 5.74) is 7.39. The molecule has 0 aliphatic carbocycles. The van der Waals surface area contributed by atoms with Gasteiger partial charge in [0.25, 0.3) is 5.91 Å². The zero-order valence-corrected chi connectivity index (χ0v) is 22.8. The van der Waals surface area contributed by atoms with E-state index in [9.17, 15) is 9.90 Å². The SMILES string of the molecule is O=C(NN=Cc1cc(-c2ccccc2)n(-c2ccccc2)c1-c1ccccc1)C(O)(c1ccccc1)c1ccccc1. The molecule has 0 unspecified atom stereocenters. The van der Waals surface area contributed by atoms with E-state index < -0.39 is 11.5 Å². The molecule has 1 heterocycles. The lowest BCUT2D eigenvalue weighted by Gasteiger charge is -2.27. The molecule has 0 saturated carbocycles. The van der Waals surface area contributed by atoms with Crippen LogP contribution in [0, 0.1) is 0 Å². The highest BCUT2D eigenvalue weighted by Crippen LogP contribution is 2.35. The average Bonchev–Trinajstić information content (AvgIpc) is 3.45. The molecule has 0 aliphatic rings. The molecule has 5 aromatic carbocycles. The van der Waals surface area contributed by atoms with E-state index in [1.807, 2.05) is 66.7 Å². The van der Waals surface area contributed by atoms with Gasteiger partial charge in [-0.1, -0.05) is 140 Å². The van der Waals surface area contributed by atoms with Crippen LogP contribution in [0.2, 0.25) is 0 Å². The Hall–Kier alpha value is -5.52. The standard InChI is InChI=1S/C37H29N3O2/c41-36(37(42,31-20-10-3-11-21-31)32-22-12-4-13-23-32)39-38-27-30-26-34(28-16-6-1-7-17-28)40(33-24-14-5-15-25-33)35(30)29-18-8-2-9-19-29/h1-27,42H,(H,39,41). The van der Waals surface area contributed by atoms with E-state index >= 15 is 0 Å². The first-order valence-electron chi connectivity index (χ1n) is 13.7. The van der Waals surface area contributed by atoms with Crippen LogP contribution in [-0.2, 0) is 10.4 Å². The van der Waals surface area contributed by atoms with Crippen molar-refractivity contribution in [1.82, 2.24) is 9.99 Å². The largest absolute Gasteiger partial charge is 0.372 e. The van der Waals surface area contributed by atoms with Crippen LogP contribution in [0.15, 0.2) is 163 Å². The fraction of sp³-hybridized carbons (Fsp3) is 0.0270. The minimum absolute atomic E-state index is 0.454. The lowest BCUT2D eigenvalue weighted by molar-refractivity contribution is -0.136. The second-order valence-electron chi connectivity index (χ2n) is 9.88. The topological polar surface area (TPSA) is 66.6 Å². The van der Waals surface area contributed by atoms with Crippen LogP contribution in [0.5, 0.6) is 0 Å². The molecule has 0 saturated heterocycles. The van der Waals surface area contributed by atoms with Crippen LogP contribution in [0.3, 0.4) is 0 Å². The van der Waals surface area contributed by atoms with Crippen molar-refractivity contribution in [2.75, 3.05) is 0 Å². The van der Waals surface area contributed by atoms with E-state index in [0.717, 1.165) is 33.8 Å². The molecular formula is C37H29N3O2. The Labute approximate surface area is 245 Å². The smallest absolute Gasteiger partial charge is 0.281 e. The number of nitrogens with one attached hydrogen (secondary N) is 1. The summed E-state index contributed by atoms with van der Waals surface area (Å²) in [7, 11) is 0. The number of carbonyl (C=O) groups excluding carboxylic acids is 1. The molecular weight excluding hydrogens is 518 g/mol. The molecule has 5 heteroatoms. The summed E-state index contributed by atoms with van der Waals surface area (Å²) in [6, 6.07) is 50.3. The minimum atomic E-state index is -1.92. The van der Waals surface area contributed by atoms with Crippen molar-refractivity contribution in [2.24, 2.45) is 5.10 Å². The second-order valence-corrected chi connectivity index (χ2v) is 9.88. The third-order valence-corrected chi connectivity index (χ3v) is 7.24. The van der Waals surface area contributed by atoms with Crippen molar-refractivity contribution in [3.63, 3.8) is 0 Å². The van der Waals surface area contributed by atoms with Gasteiger partial charge in [-0.3, -0.25) is 4.79 Å². The van der Waals surface area contributed by atoms with Gasteiger partial charge < -0.3 is 9.67 Å². The molecule has 0 fully saturated rings. The number of amides is 1. The number of hydrogen-bond acceptors (Lipinski definition) is 3. The lowest BCUT2D eigenvalue weighted by atomic mass is 9.85. The number of hydrogen-bond donors (Lipinski definition) is 2. The van der Waals surface area contributed by atoms with E-state index in [1.165, 1.54) is 0 Å². The third kappa shape index (κ3) is 5.17. The average molecular weight is 548 g/mol. The number of aromatic nitrogens is 1. The summed E-state index contributed by atoms with van der Waals surface area (Å²) < 4.78 is 2.21. The molecule has 1 amide bonds. The van der Waals surface area contributed by atoms with E-state index in [4.69, 9.17) is 0 Å². The maximum absolute atomic E-state index is 13.6. The predicted molar refractivity (Wildman–Crippen MR) is 168 cm³/mol. The maximum Gasteiger partial charge on any atom is 0.281 e. The fourth-order valence-electron chi connectivity index (χ4n) is 5.22. The van der Waals surface area contributed by atoms with Crippen LogP contribution in [0.4, 0.5) is 0 Å². The third-order valence-electron chi connectivity index (χ3n) is 7.24. The molecule has 6 aromatic rings. The van der Waals surface area contributed by atoms with E-state index in [2.05, 4.69) is 57.6 Å². The van der Waals surface area contributed by atoms with Crippen molar-refractivity contribution < 1.29 is 9.90 Å². The molecule has 6 rings (SSSR count). The summed E-state index contributed by atoms with van der Waals surface area (Å²) in [6.07, 6.45) is 1.64. The van der Waals surface area contributed by atoms with Crippen molar-refractivity contribution in [3.05, 3.63) is 174 Å². The highest BCUT2D eigenvalue weighted by atomic mass is 16.3. The Kier molecular flexibility index (Phi) is 7.58. The summed E-state index contributed by atoms with van der Waals surface area (Å²) in [5.74, 6) is -0.650. The van der Waals surface area contributed by atoms with Gasteiger partial charge in [0, 0.05) is 11.3 Å². The van der Waals surface area contributed by atoms with Crippen LogP contribution >= 0.6 is 0 Å². The highest BCUT2D eigenvalue weighted by Gasteiger charge is 2.39. The van der Waals surface area contributed by atoms with Crippen molar-refractivity contribution in [2.45, 2.75) is 5.60 Å². The molecule has 0 bridgehead atoms. The highest BCUT2D eigenvalue weighted by molar-refractivity contribution is 5.95. The van der Waals surface area contributed by atoms with Crippen LogP contribution in [-0.4, -0.2) is 21.8 Å². The van der Waals surface area contributed by atoms with Crippen LogP contribution in [0.1, 0.15) is 16.7 Å². The van der Waals surface area contributed by atoms with E-state index in [-0.39, 0.29) is 0 Å². The quantitative estimate of drug-likeness (QED) is 0.156. The Morgan fingerprint density at radius 2 is 1.10 bits per heavy atom. The Bertz CT molecular complexity index is 1760.